The quantitative estimate of drug-likeness (QED) is 0.499. The lowest BCUT2D eigenvalue weighted by Crippen LogP contribution is -2.58. The summed E-state index contributed by atoms with van der Waals surface area (Å²) < 4.78 is 10.9. The number of carbonyl (C=O) groups excluding carboxylic acids is 4. The number of nitrogens with zero attached hydrogens (tertiary/aromatic N) is 1. The summed E-state index contributed by atoms with van der Waals surface area (Å²) >= 11 is 0. The zero-order valence-corrected chi connectivity index (χ0v) is 22.5. The number of rotatable bonds is 9. The maximum absolute atomic E-state index is 13.2. The van der Waals surface area contributed by atoms with E-state index in [1.807, 2.05) is 58.0 Å². The Balaban J connectivity index is 2.04. The van der Waals surface area contributed by atoms with Gasteiger partial charge in [0.05, 0.1) is 0 Å². The van der Waals surface area contributed by atoms with Crippen molar-refractivity contribution >= 4 is 23.9 Å². The van der Waals surface area contributed by atoms with Gasteiger partial charge >= 0.3 is 12.1 Å². The van der Waals surface area contributed by atoms with E-state index < -0.39 is 47.6 Å². The zero-order valence-electron chi connectivity index (χ0n) is 22.5. The normalized spacial score (nSPS) is 17.5. The highest BCUT2D eigenvalue weighted by Gasteiger charge is 2.38. The molecule has 0 aliphatic carbocycles. The van der Waals surface area contributed by atoms with E-state index in [4.69, 9.17) is 9.47 Å². The molecular formula is C27H41N3O6. The van der Waals surface area contributed by atoms with Crippen LogP contribution in [0.4, 0.5) is 4.79 Å². The Labute approximate surface area is 214 Å². The largest absolute Gasteiger partial charge is 0.458 e. The highest BCUT2D eigenvalue weighted by Crippen LogP contribution is 2.20. The fourth-order valence-corrected chi connectivity index (χ4v) is 3.95. The number of nitrogens with one attached hydrogen (secondary N) is 2. The van der Waals surface area contributed by atoms with Gasteiger partial charge in [-0.3, -0.25) is 14.5 Å². The highest BCUT2D eigenvalue weighted by molar-refractivity contribution is 5.93. The van der Waals surface area contributed by atoms with Crippen LogP contribution in [0.2, 0.25) is 0 Å². The smallest absolute Gasteiger partial charge is 0.410 e. The van der Waals surface area contributed by atoms with E-state index in [1.54, 1.807) is 20.8 Å². The third-order valence-corrected chi connectivity index (χ3v) is 5.87. The maximum atomic E-state index is 13.2. The Morgan fingerprint density at radius 2 is 1.58 bits per heavy atom. The van der Waals surface area contributed by atoms with Crippen molar-refractivity contribution < 1.29 is 28.7 Å². The summed E-state index contributed by atoms with van der Waals surface area (Å²) in [5.41, 5.74) is 0.161. The van der Waals surface area contributed by atoms with Gasteiger partial charge in [0.25, 0.3) is 0 Å². The number of hydrogen-bond donors (Lipinski definition) is 2. The van der Waals surface area contributed by atoms with E-state index in [0.29, 0.717) is 19.4 Å². The van der Waals surface area contributed by atoms with Gasteiger partial charge in [-0.1, -0.05) is 58.0 Å². The fraction of sp³-hybridized carbons (Fsp3) is 0.630. The molecule has 9 heteroatoms. The number of benzene rings is 1. The van der Waals surface area contributed by atoms with Crippen molar-refractivity contribution in [3.05, 3.63) is 35.9 Å². The van der Waals surface area contributed by atoms with Crippen LogP contribution in [0, 0.1) is 11.8 Å². The van der Waals surface area contributed by atoms with E-state index in [1.165, 1.54) is 4.90 Å². The molecule has 0 radical (unpaired) electrons. The van der Waals surface area contributed by atoms with Crippen molar-refractivity contribution in [2.45, 2.75) is 91.6 Å². The van der Waals surface area contributed by atoms with Gasteiger partial charge in [0.2, 0.25) is 11.8 Å². The molecule has 36 heavy (non-hydrogen) atoms. The molecule has 3 atom stereocenters. The first-order valence-electron chi connectivity index (χ1n) is 12.6. The first kappa shape index (κ1) is 29.1. The first-order chi connectivity index (χ1) is 16.8. The summed E-state index contributed by atoms with van der Waals surface area (Å²) in [4.78, 5) is 53.1. The predicted octanol–water partition coefficient (Wildman–Crippen LogP) is 3.41. The molecule has 0 spiro atoms. The molecular weight excluding hydrogens is 462 g/mol. The minimum absolute atomic E-state index is 0.114. The van der Waals surface area contributed by atoms with Crippen LogP contribution in [0.5, 0.6) is 0 Å². The summed E-state index contributed by atoms with van der Waals surface area (Å²) in [5, 5.41) is 5.55. The van der Waals surface area contributed by atoms with Crippen LogP contribution in [-0.2, 0) is 30.5 Å². The lowest BCUT2D eigenvalue weighted by atomic mass is 9.99. The second-order valence-corrected chi connectivity index (χ2v) is 10.9. The molecule has 1 heterocycles. The molecule has 1 fully saturated rings. The Bertz CT molecular complexity index is 910. The SMILES string of the molecule is CC(C)[C@H](NC(=O)[C@@H]1CCCN1C(=O)OCc1ccccc1)C(=O)N[C@H](C(=O)OC(C)(C)C)C(C)C. The third kappa shape index (κ3) is 8.53. The Morgan fingerprint density at radius 3 is 2.14 bits per heavy atom. The van der Waals surface area contributed by atoms with Crippen LogP contribution in [-0.4, -0.2) is 59.0 Å². The second-order valence-electron chi connectivity index (χ2n) is 10.9. The summed E-state index contributed by atoms with van der Waals surface area (Å²) in [5.74, 6) is -1.88. The monoisotopic (exact) mass is 503 g/mol. The van der Waals surface area contributed by atoms with E-state index in [2.05, 4.69) is 10.6 Å². The molecule has 1 aromatic rings. The molecule has 1 aliphatic rings. The fourth-order valence-electron chi connectivity index (χ4n) is 3.95. The van der Waals surface area contributed by atoms with Crippen LogP contribution < -0.4 is 10.6 Å². The lowest BCUT2D eigenvalue weighted by molar-refractivity contribution is -0.160. The van der Waals surface area contributed by atoms with Gasteiger partial charge in [0, 0.05) is 6.54 Å². The van der Waals surface area contributed by atoms with E-state index in [9.17, 15) is 19.2 Å². The van der Waals surface area contributed by atoms with Gasteiger partial charge in [-0.25, -0.2) is 9.59 Å². The highest BCUT2D eigenvalue weighted by atomic mass is 16.6. The van der Waals surface area contributed by atoms with Crippen molar-refractivity contribution in [3.8, 4) is 0 Å². The Morgan fingerprint density at radius 1 is 0.972 bits per heavy atom. The van der Waals surface area contributed by atoms with Crippen molar-refractivity contribution in [3.63, 3.8) is 0 Å². The standard InChI is InChI=1S/C27H41N3O6/c1-17(2)21(24(32)29-22(18(3)4)25(33)36-27(5,6)7)28-23(31)20-14-11-15-30(20)26(34)35-16-19-12-9-8-10-13-19/h8-10,12-13,17-18,20-22H,11,14-16H2,1-7H3,(H,28,31)(H,29,32)/t20-,21-,22-/m0/s1. The average Bonchev–Trinajstić information content (AvgIpc) is 3.28. The maximum Gasteiger partial charge on any atom is 0.410 e. The van der Waals surface area contributed by atoms with Crippen LogP contribution in [0.15, 0.2) is 30.3 Å². The molecule has 200 valence electrons. The van der Waals surface area contributed by atoms with Gasteiger partial charge in [-0.05, 0) is 51.0 Å². The number of hydrogen-bond acceptors (Lipinski definition) is 6. The summed E-state index contributed by atoms with van der Waals surface area (Å²) in [7, 11) is 0. The summed E-state index contributed by atoms with van der Waals surface area (Å²) in [6.45, 7) is 13.1. The van der Waals surface area contributed by atoms with E-state index in [-0.39, 0.29) is 18.4 Å². The number of carbonyl (C=O) groups is 4. The topological polar surface area (TPSA) is 114 Å². The molecule has 0 aromatic heterocycles. The summed E-state index contributed by atoms with van der Waals surface area (Å²) in [6.07, 6.45) is 0.572. The molecule has 0 saturated carbocycles. The molecule has 1 aromatic carbocycles. The van der Waals surface area contributed by atoms with Crippen molar-refractivity contribution in [2.75, 3.05) is 6.54 Å². The van der Waals surface area contributed by atoms with Gasteiger partial charge in [0.15, 0.2) is 0 Å². The average molecular weight is 504 g/mol. The van der Waals surface area contributed by atoms with Gasteiger partial charge in [-0.2, -0.15) is 0 Å². The second kappa shape index (κ2) is 12.7. The van der Waals surface area contributed by atoms with Crippen molar-refractivity contribution in [1.82, 2.24) is 15.5 Å². The lowest BCUT2D eigenvalue weighted by Gasteiger charge is -2.30. The molecule has 9 nitrogen and oxygen atoms in total. The zero-order chi connectivity index (χ0) is 27.0. The number of amides is 3. The van der Waals surface area contributed by atoms with Crippen LogP contribution in [0.3, 0.4) is 0 Å². The van der Waals surface area contributed by atoms with E-state index in [0.717, 1.165) is 5.56 Å². The number of esters is 1. The van der Waals surface area contributed by atoms with Crippen molar-refractivity contribution in [2.24, 2.45) is 11.8 Å². The minimum Gasteiger partial charge on any atom is -0.458 e. The Kier molecular flexibility index (Phi) is 10.3. The van der Waals surface area contributed by atoms with Crippen LogP contribution in [0.1, 0.15) is 66.9 Å². The van der Waals surface area contributed by atoms with Crippen LogP contribution >= 0.6 is 0 Å². The summed E-state index contributed by atoms with van der Waals surface area (Å²) in [6, 6.07) is 6.84. The van der Waals surface area contributed by atoms with Crippen molar-refractivity contribution in [1.29, 1.82) is 0 Å². The van der Waals surface area contributed by atoms with Gasteiger partial charge in [-0.15, -0.1) is 0 Å². The molecule has 0 bridgehead atoms. The minimum atomic E-state index is -0.885. The van der Waals surface area contributed by atoms with Gasteiger partial charge in [0.1, 0.15) is 30.3 Å². The van der Waals surface area contributed by atoms with Crippen LogP contribution in [0.25, 0.3) is 0 Å². The first-order valence-corrected chi connectivity index (χ1v) is 12.6. The number of likely N-dealkylation sites (tertiary alicyclic amines) is 1. The number of ether oxygens (including phenoxy) is 2. The molecule has 1 saturated heterocycles. The van der Waals surface area contributed by atoms with Gasteiger partial charge < -0.3 is 20.1 Å². The molecule has 0 unspecified atom stereocenters. The molecule has 1 aliphatic heterocycles. The Hall–Kier alpha value is -3.10. The molecule has 3 amide bonds. The molecule has 2 N–H and O–H groups in total. The predicted molar refractivity (Wildman–Crippen MR) is 136 cm³/mol. The third-order valence-electron chi connectivity index (χ3n) is 5.87. The molecule has 2 rings (SSSR count). The van der Waals surface area contributed by atoms with E-state index >= 15 is 0 Å².